The Morgan fingerprint density at radius 1 is 1.00 bits per heavy atom. The zero-order valence-corrected chi connectivity index (χ0v) is 15.5. The van der Waals surface area contributed by atoms with Gasteiger partial charge in [0.1, 0.15) is 5.75 Å². The average molecular weight is 354 g/mol. The van der Waals surface area contributed by atoms with Crippen LogP contribution < -0.4 is 15.4 Å². The summed E-state index contributed by atoms with van der Waals surface area (Å²) >= 11 is 0. The maximum absolute atomic E-state index is 12.5. The first kappa shape index (κ1) is 19.5. The summed E-state index contributed by atoms with van der Waals surface area (Å²) in [7, 11) is 0. The van der Waals surface area contributed by atoms with E-state index in [-0.39, 0.29) is 11.8 Å². The van der Waals surface area contributed by atoms with Gasteiger partial charge in [-0.15, -0.1) is 0 Å². The minimum Gasteiger partial charge on any atom is -0.493 e. The van der Waals surface area contributed by atoms with E-state index in [1.165, 1.54) is 0 Å². The van der Waals surface area contributed by atoms with Crippen LogP contribution in [0.15, 0.2) is 48.5 Å². The number of carbonyl (C=O) groups excluding carboxylic acids is 2. The molecule has 2 aromatic carbocycles. The highest BCUT2D eigenvalue weighted by Gasteiger charge is 2.09. The maximum atomic E-state index is 12.5. The fourth-order valence-electron chi connectivity index (χ4n) is 2.32. The first-order chi connectivity index (χ1) is 12.5. The highest BCUT2D eigenvalue weighted by atomic mass is 16.5. The molecule has 0 spiro atoms. The van der Waals surface area contributed by atoms with Crippen molar-refractivity contribution in [1.29, 1.82) is 0 Å². The fraction of sp³-hybridized carbons (Fsp3) is 0.333. The number of hydrogen-bond donors (Lipinski definition) is 2. The SMILES string of the molecule is CCCC(=O)Nc1cccc(NC(=O)c2cccc(OCC(C)C)c2)c1. The maximum Gasteiger partial charge on any atom is 0.255 e. The van der Waals surface area contributed by atoms with Crippen LogP contribution in [0.1, 0.15) is 44.0 Å². The highest BCUT2D eigenvalue weighted by molar-refractivity contribution is 6.05. The molecule has 2 aromatic rings. The molecule has 0 saturated carbocycles. The van der Waals surface area contributed by atoms with Crippen molar-refractivity contribution in [2.75, 3.05) is 17.2 Å². The minimum atomic E-state index is -0.225. The van der Waals surface area contributed by atoms with Crippen molar-refractivity contribution in [3.8, 4) is 5.75 Å². The summed E-state index contributed by atoms with van der Waals surface area (Å²) in [6.07, 6.45) is 1.26. The molecule has 2 N–H and O–H groups in total. The van der Waals surface area contributed by atoms with Gasteiger partial charge >= 0.3 is 0 Å². The van der Waals surface area contributed by atoms with E-state index in [0.717, 1.165) is 6.42 Å². The molecule has 138 valence electrons. The van der Waals surface area contributed by atoms with Gasteiger partial charge in [-0.1, -0.05) is 32.9 Å². The van der Waals surface area contributed by atoms with Crippen molar-refractivity contribution in [2.45, 2.75) is 33.6 Å². The second kappa shape index (κ2) is 9.61. The molecule has 0 bridgehead atoms. The standard InChI is InChI=1S/C21H26N2O3/c1-4-7-20(24)22-17-9-6-10-18(13-17)23-21(25)16-8-5-11-19(12-16)26-14-15(2)3/h5-6,8-13,15H,4,7,14H2,1-3H3,(H,22,24)(H,23,25). The van der Waals surface area contributed by atoms with Crippen LogP contribution in [0.5, 0.6) is 5.75 Å². The number of anilines is 2. The van der Waals surface area contributed by atoms with Gasteiger partial charge in [-0.25, -0.2) is 0 Å². The van der Waals surface area contributed by atoms with Gasteiger partial charge in [0.15, 0.2) is 0 Å². The van der Waals surface area contributed by atoms with Crippen LogP contribution in [0, 0.1) is 5.92 Å². The topological polar surface area (TPSA) is 67.4 Å². The zero-order valence-electron chi connectivity index (χ0n) is 15.5. The minimum absolute atomic E-state index is 0.0361. The van der Waals surface area contributed by atoms with Crippen molar-refractivity contribution in [3.63, 3.8) is 0 Å². The number of rotatable bonds is 8. The van der Waals surface area contributed by atoms with E-state index in [2.05, 4.69) is 24.5 Å². The van der Waals surface area contributed by atoms with Gasteiger partial charge in [-0.05, 0) is 48.7 Å². The molecule has 2 rings (SSSR count). The van der Waals surface area contributed by atoms with Crippen molar-refractivity contribution < 1.29 is 14.3 Å². The molecule has 2 amide bonds. The third-order valence-electron chi connectivity index (χ3n) is 3.56. The monoisotopic (exact) mass is 354 g/mol. The predicted octanol–water partition coefficient (Wildman–Crippen LogP) is 4.71. The largest absolute Gasteiger partial charge is 0.493 e. The second-order valence-electron chi connectivity index (χ2n) is 6.57. The Labute approximate surface area is 154 Å². The molecule has 0 radical (unpaired) electrons. The summed E-state index contributed by atoms with van der Waals surface area (Å²) in [5.74, 6) is 0.827. The van der Waals surface area contributed by atoms with Gasteiger partial charge < -0.3 is 15.4 Å². The Hall–Kier alpha value is -2.82. The summed E-state index contributed by atoms with van der Waals surface area (Å²) in [6.45, 7) is 6.70. The number of ether oxygens (including phenoxy) is 1. The molecular formula is C21H26N2O3. The zero-order chi connectivity index (χ0) is 18.9. The Bertz CT molecular complexity index is 756. The van der Waals surface area contributed by atoms with Gasteiger partial charge in [-0.2, -0.15) is 0 Å². The van der Waals surface area contributed by atoms with E-state index in [0.29, 0.717) is 41.6 Å². The molecule has 5 nitrogen and oxygen atoms in total. The summed E-state index contributed by atoms with van der Waals surface area (Å²) in [6, 6.07) is 14.2. The lowest BCUT2D eigenvalue weighted by Crippen LogP contribution is -2.14. The van der Waals surface area contributed by atoms with Gasteiger partial charge in [0.05, 0.1) is 6.61 Å². The van der Waals surface area contributed by atoms with Crippen LogP contribution in [0.25, 0.3) is 0 Å². The number of hydrogen-bond acceptors (Lipinski definition) is 3. The highest BCUT2D eigenvalue weighted by Crippen LogP contribution is 2.19. The molecule has 26 heavy (non-hydrogen) atoms. The van der Waals surface area contributed by atoms with Gasteiger partial charge in [0, 0.05) is 23.4 Å². The fourth-order valence-corrected chi connectivity index (χ4v) is 2.32. The first-order valence-electron chi connectivity index (χ1n) is 8.92. The van der Waals surface area contributed by atoms with Crippen molar-refractivity contribution in [3.05, 3.63) is 54.1 Å². The summed E-state index contributed by atoms with van der Waals surface area (Å²) in [5.41, 5.74) is 1.81. The van der Waals surface area contributed by atoms with Crippen molar-refractivity contribution >= 4 is 23.2 Å². The second-order valence-corrected chi connectivity index (χ2v) is 6.57. The average Bonchev–Trinajstić information content (AvgIpc) is 2.60. The Morgan fingerprint density at radius 3 is 2.38 bits per heavy atom. The lowest BCUT2D eigenvalue weighted by Gasteiger charge is -2.11. The molecule has 0 saturated heterocycles. The van der Waals surface area contributed by atoms with E-state index in [9.17, 15) is 9.59 Å². The summed E-state index contributed by atoms with van der Waals surface area (Å²) < 4.78 is 5.67. The Kier molecular flexibility index (Phi) is 7.21. The van der Waals surface area contributed by atoms with Crippen LogP contribution in [0.2, 0.25) is 0 Å². The number of nitrogens with one attached hydrogen (secondary N) is 2. The van der Waals surface area contributed by atoms with Crippen LogP contribution in [0.4, 0.5) is 11.4 Å². The van der Waals surface area contributed by atoms with E-state index in [1.54, 1.807) is 42.5 Å². The third kappa shape index (κ3) is 6.24. The Morgan fingerprint density at radius 2 is 1.69 bits per heavy atom. The quantitative estimate of drug-likeness (QED) is 0.721. The van der Waals surface area contributed by atoms with E-state index in [4.69, 9.17) is 4.74 Å². The molecule has 0 atom stereocenters. The Balaban J connectivity index is 2.03. The predicted molar refractivity (Wildman–Crippen MR) is 105 cm³/mol. The lowest BCUT2D eigenvalue weighted by atomic mass is 10.2. The van der Waals surface area contributed by atoms with Crippen LogP contribution >= 0.6 is 0 Å². The molecule has 5 heteroatoms. The van der Waals surface area contributed by atoms with Gasteiger partial charge in [0.25, 0.3) is 5.91 Å². The number of carbonyl (C=O) groups is 2. The van der Waals surface area contributed by atoms with E-state index >= 15 is 0 Å². The molecule has 0 aliphatic carbocycles. The molecule has 0 aromatic heterocycles. The summed E-state index contributed by atoms with van der Waals surface area (Å²) in [4.78, 5) is 24.2. The summed E-state index contributed by atoms with van der Waals surface area (Å²) in [5, 5.41) is 5.67. The lowest BCUT2D eigenvalue weighted by molar-refractivity contribution is -0.116. The van der Waals surface area contributed by atoms with Crippen LogP contribution in [-0.2, 0) is 4.79 Å². The smallest absolute Gasteiger partial charge is 0.255 e. The van der Waals surface area contributed by atoms with Crippen LogP contribution in [-0.4, -0.2) is 18.4 Å². The molecule has 0 aliphatic rings. The molecule has 0 unspecified atom stereocenters. The van der Waals surface area contributed by atoms with Crippen molar-refractivity contribution in [2.24, 2.45) is 5.92 Å². The molecule has 0 heterocycles. The van der Waals surface area contributed by atoms with Gasteiger partial charge in [0.2, 0.25) is 5.91 Å². The normalized spacial score (nSPS) is 10.5. The molecular weight excluding hydrogens is 328 g/mol. The van der Waals surface area contributed by atoms with E-state index in [1.807, 2.05) is 13.0 Å². The van der Waals surface area contributed by atoms with Crippen molar-refractivity contribution in [1.82, 2.24) is 0 Å². The first-order valence-corrected chi connectivity index (χ1v) is 8.92. The molecule has 0 aliphatic heterocycles. The third-order valence-corrected chi connectivity index (χ3v) is 3.56. The number of amides is 2. The van der Waals surface area contributed by atoms with E-state index < -0.39 is 0 Å². The van der Waals surface area contributed by atoms with Gasteiger partial charge in [-0.3, -0.25) is 9.59 Å². The number of benzene rings is 2. The molecule has 0 fully saturated rings. The van der Waals surface area contributed by atoms with Crippen LogP contribution in [0.3, 0.4) is 0 Å².